The van der Waals surface area contributed by atoms with Crippen LogP contribution in [0.4, 0.5) is 0 Å². The van der Waals surface area contributed by atoms with Gasteiger partial charge in [-0.25, -0.2) is 14.8 Å². The molecule has 0 saturated carbocycles. The number of para-hydroxylation sites is 1. The second-order valence-electron chi connectivity index (χ2n) is 6.62. The number of rotatable bonds is 4. The van der Waals surface area contributed by atoms with E-state index >= 15 is 0 Å². The Kier molecular flexibility index (Phi) is 5.54. The van der Waals surface area contributed by atoms with Crippen molar-refractivity contribution in [2.75, 3.05) is 19.7 Å². The minimum absolute atomic E-state index is 0.0637. The number of hydrogen-bond acceptors (Lipinski definition) is 6. The first-order chi connectivity index (χ1) is 13.6. The fourth-order valence-electron chi connectivity index (χ4n) is 3.30. The Morgan fingerprint density at radius 1 is 1.25 bits per heavy atom. The van der Waals surface area contributed by atoms with Gasteiger partial charge in [-0.15, -0.1) is 11.3 Å². The summed E-state index contributed by atoms with van der Waals surface area (Å²) in [5.74, 6) is -0.649. The van der Waals surface area contributed by atoms with E-state index in [-0.39, 0.29) is 29.1 Å². The molecule has 3 aromatic rings. The van der Waals surface area contributed by atoms with Gasteiger partial charge in [0.15, 0.2) is 6.61 Å². The molecule has 0 radical (unpaired) electrons. The van der Waals surface area contributed by atoms with Gasteiger partial charge >= 0.3 is 5.97 Å². The molecule has 1 atom stereocenters. The summed E-state index contributed by atoms with van der Waals surface area (Å²) in [6.45, 7) is 0.936. The summed E-state index contributed by atoms with van der Waals surface area (Å²) >= 11 is 7.57. The third kappa shape index (κ3) is 4.00. The number of likely N-dealkylation sites (tertiary alicyclic amines) is 1. The van der Waals surface area contributed by atoms with Crippen LogP contribution < -0.4 is 0 Å². The fraction of sp³-hybridized carbons (Fsp3) is 0.300. The number of pyridine rings is 1. The van der Waals surface area contributed by atoms with E-state index in [1.165, 1.54) is 12.3 Å². The normalized spacial score (nSPS) is 16.9. The molecule has 0 aliphatic carbocycles. The van der Waals surface area contributed by atoms with Crippen molar-refractivity contribution < 1.29 is 14.3 Å². The molecule has 0 unspecified atom stereocenters. The average molecular weight is 416 g/mol. The smallest absolute Gasteiger partial charge is 0.341 e. The second-order valence-corrected chi connectivity index (χ2v) is 8.04. The number of halogens is 1. The number of piperidine rings is 1. The van der Waals surface area contributed by atoms with E-state index in [1.54, 1.807) is 22.3 Å². The maximum absolute atomic E-state index is 12.6. The zero-order valence-electron chi connectivity index (χ0n) is 15.0. The number of benzene rings is 1. The molecule has 1 aliphatic rings. The molecular weight excluding hydrogens is 398 g/mol. The van der Waals surface area contributed by atoms with Crippen molar-refractivity contribution in [2.24, 2.45) is 0 Å². The van der Waals surface area contributed by atoms with Crippen molar-refractivity contribution in [2.45, 2.75) is 18.8 Å². The van der Waals surface area contributed by atoms with Gasteiger partial charge in [-0.3, -0.25) is 4.79 Å². The summed E-state index contributed by atoms with van der Waals surface area (Å²) in [7, 11) is 0. The van der Waals surface area contributed by atoms with E-state index < -0.39 is 5.97 Å². The number of amides is 1. The lowest BCUT2D eigenvalue weighted by Crippen LogP contribution is -2.41. The van der Waals surface area contributed by atoms with Crippen LogP contribution in [0.1, 0.15) is 34.1 Å². The van der Waals surface area contributed by atoms with Crippen LogP contribution in [0.3, 0.4) is 0 Å². The van der Waals surface area contributed by atoms with E-state index in [1.807, 2.05) is 18.2 Å². The molecule has 144 valence electrons. The van der Waals surface area contributed by atoms with E-state index in [0.29, 0.717) is 13.1 Å². The van der Waals surface area contributed by atoms with Gasteiger partial charge in [0.25, 0.3) is 5.91 Å². The summed E-state index contributed by atoms with van der Waals surface area (Å²) in [6, 6.07) is 11.2. The second kappa shape index (κ2) is 8.24. The first-order valence-electron chi connectivity index (χ1n) is 9.02. The van der Waals surface area contributed by atoms with Gasteiger partial charge in [-0.05, 0) is 37.1 Å². The van der Waals surface area contributed by atoms with Crippen molar-refractivity contribution in [1.29, 1.82) is 0 Å². The standard InChI is InChI=1S/C20H18ClN3O3S/c21-18-14(6-3-9-22-18)20(26)27-12-17(25)24-10-4-5-13(11-24)19-23-15-7-1-2-8-16(15)28-19/h1-3,6-9,13H,4-5,10-12H2/t13-/m1/s1. The minimum Gasteiger partial charge on any atom is -0.452 e. The lowest BCUT2D eigenvalue weighted by molar-refractivity contribution is -0.135. The van der Waals surface area contributed by atoms with Gasteiger partial charge < -0.3 is 9.64 Å². The highest BCUT2D eigenvalue weighted by Crippen LogP contribution is 2.33. The topological polar surface area (TPSA) is 72.4 Å². The summed E-state index contributed by atoms with van der Waals surface area (Å²) in [5.41, 5.74) is 1.15. The van der Waals surface area contributed by atoms with Crippen molar-refractivity contribution in [3.05, 3.63) is 58.3 Å². The number of hydrogen-bond donors (Lipinski definition) is 0. The third-order valence-corrected chi connectivity index (χ3v) is 6.24. The van der Waals surface area contributed by atoms with E-state index in [4.69, 9.17) is 21.3 Å². The molecule has 2 aromatic heterocycles. The fourth-order valence-corrected chi connectivity index (χ4v) is 4.59. The SMILES string of the molecule is O=C(OCC(=O)N1CCC[C@@H](c2nc3ccccc3s2)C1)c1cccnc1Cl. The lowest BCUT2D eigenvalue weighted by atomic mass is 9.99. The summed E-state index contributed by atoms with van der Waals surface area (Å²) in [4.78, 5) is 35.0. The van der Waals surface area contributed by atoms with Gasteiger partial charge in [-0.2, -0.15) is 0 Å². The Bertz CT molecular complexity index is 990. The first-order valence-corrected chi connectivity index (χ1v) is 10.2. The van der Waals surface area contributed by atoms with Crippen molar-refractivity contribution in [3.8, 4) is 0 Å². The molecule has 0 spiro atoms. The maximum Gasteiger partial charge on any atom is 0.341 e. The molecule has 4 rings (SSSR count). The van der Waals surface area contributed by atoms with Crippen LogP contribution in [0.25, 0.3) is 10.2 Å². The zero-order valence-corrected chi connectivity index (χ0v) is 16.6. The average Bonchev–Trinajstić information content (AvgIpc) is 3.16. The number of thiazole rings is 1. The highest BCUT2D eigenvalue weighted by molar-refractivity contribution is 7.18. The zero-order chi connectivity index (χ0) is 19.5. The van der Waals surface area contributed by atoms with Crippen molar-refractivity contribution in [1.82, 2.24) is 14.9 Å². The molecule has 0 bridgehead atoms. The molecule has 1 amide bonds. The summed E-state index contributed by atoms with van der Waals surface area (Å²) in [6.07, 6.45) is 3.38. The quantitative estimate of drug-likeness (QED) is 0.477. The largest absolute Gasteiger partial charge is 0.452 e. The van der Waals surface area contributed by atoms with Gasteiger partial charge in [0.1, 0.15) is 5.15 Å². The molecule has 8 heteroatoms. The van der Waals surface area contributed by atoms with Gasteiger partial charge in [-0.1, -0.05) is 23.7 Å². The van der Waals surface area contributed by atoms with Crippen LogP contribution in [-0.4, -0.2) is 46.4 Å². The molecule has 6 nitrogen and oxygen atoms in total. The molecule has 28 heavy (non-hydrogen) atoms. The van der Waals surface area contributed by atoms with Crippen LogP contribution in [0.15, 0.2) is 42.6 Å². The van der Waals surface area contributed by atoms with Crippen LogP contribution in [0.2, 0.25) is 5.15 Å². The van der Waals surface area contributed by atoms with E-state index in [0.717, 1.165) is 28.1 Å². The van der Waals surface area contributed by atoms with Crippen LogP contribution in [0.5, 0.6) is 0 Å². The minimum atomic E-state index is -0.647. The first kappa shape index (κ1) is 18.8. The van der Waals surface area contributed by atoms with Crippen LogP contribution in [-0.2, 0) is 9.53 Å². The predicted octanol–water partition coefficient (Wildman–Crippen LogP) is 3.91. The Balaban J connectivity index is 1.38. The molecular formula is C20H18ClN3O3S. The highest BCUT2D eigenvalue weighted by atomic mass is 35.5. The molecule has 1 aliphatic heterocycles. The highest BCUT2D eigenvalue weighted by Gasteiger charge is 2.27. The van der Waals surface area contributed by atoms with Crippen molar-refractivity contribution >= 4 is 45.0 Å². The summed E-state index contributed by atoms with van der Waals surface area (Å²) < 4.78 is 6.30. The monoisotopic (exact) mass is 415 g/mol. The molecule has 1 fully saturated rings. The number of esters is 1. The Morgan fingerprint density at radius 3 is 2.93 bits per heavy atom. The van der Waals surface area contributed by atoms with Crippen LogP contribution in [0, 0.1) is 0 Å². The molecule has 1 aromatic carbocycles. The Morgan fingerprint density at radius 2 is 2.11 bits per heavy atom. The van der Waals surface area contributed by atoms with E-state index in [2.05, 4.69) is 11.1 Å². The number of nitrogens with zero attached hydrogens (tertiary/aromatic N) is 3. The third-order valence-electron chi connectivity index (χ3n) is 4.74. The van der Waals surface area contributed by atoms with Crippen molar-refractivity contribution in [3.63, 3.8) is 0 Å². The predicted molar refractivity (Wildman–Crippen MR) is 108 cm³/mol. The number of ether oxygens (including phenoxy) is 1. The Labute approximate surface area is 171 Å². The maximum atomic E-state index is 12.6. The number of aromatic nitrogens is 2. The van der Waals surface area contributed by atoms with Gasteiger partial charge in [0, 0.05) is 25.2 Å². The van der Waals surface area contributed by atoms with E-state index in [9.17, 15) is 9.59 Å². The molecule has 0 N–H and O–H groups in total. The van der Waals surface area contributed by atoms with Gasteiger partial charge in [0.2, 0.25) is 0 Å². The molecule has 3 heterocycles. The summed E-state index contributed by atoms with van der Waals surface area (Å²) in [5, 5.41) is 1.12. The Hall–Kier alpha value is -2.51. The number of carbonyl (C=O) groups excluding carboxylic acids is 2. The number of fused-ring (bicyclic) bond motifs is 1. The van der Waals surface area contributed by atoms with Gasteiger partial charge in [0.05, 0.1) is 20.8 Å². The molecule has 1 saturated heterocycles. The van der Waals surface area contributed by atoms with Crippen LogP contribution >= 0.6 is 22.9 Å². The number of carbonyl (C=O) groups is 2. The lowest BCUT2D eigenvalue weighted by Gasteiger charge is -2.31.